The smallest absolute Gasteiger partial charge is 0.245 e. The van der Waals surface area contributed by atoms with Gasteiger partial charge in [-0.15, -0.1) is 0 Å². The van der Waals surface area contributed by atoms with Crippen LogP contribution in [0.3, 0.4) is 0 Å². The Labute approximate surface area is 199 Å². The number of carbonyl (C=O) groups excluding carboxylic acids is 3. The Kier molecular flexibility index (Phi) is 8.25. The zero-order chi connectivity index (χ0) is 23.6. The number of nitrogens with zero attached hydrogens (tertiary/aromatic N) is 1. The molecule has 9 heteroatoms. The fourth-order valence-corrected chi connectivity index (χ4v) is 6.64. The number of nitrogens with one attached hydrogen (secondary N) is 2. The lowest BCUT2D eigenvalue weighted by atomic mass is 9.70. The fraction of sp³-hybridized carbons (Fsp3) is 0.870. The van der Waals surface area contributed by atoms with Gasteiger partial charge in [-0.3, -0.25) is 14.4 Å². The molecule has 0 aromatic rings. The van der Waals surface area contributed by atoms with Gasteiger partial charge in [0.15, 0.2) is 0 Å². The second kappa shape index (κ2) is 10.4. The minimum absolute atomic E-state index is 0.0566. The van der Waals surface area contributed by atoms with Gasteiger partial charge in [-0.05, 0) is 25.2 Å². The van der Waals surface area contributed by atoms with Crippen molar-refractivity contribution in [1.82, 2.24) is 15.5 Å². The van der Waals surface area contributed by atoms with E-state index in [1.165, 1.54) is 4.90 Å². The number of fused-ring (bicyclic) bond motifs is 1. The summed E-state index contributed by atoms with van der Waals surface area (Å²) in [6.45, 7) is 8.72. The number of halogens is 1. The van der Waals surface area contributed by atoms with Gasteiger partial charge < -0.3 is 25.4 Å². The van der Waals surface area contributed by atoms with Gasteiger partial charge in [0.1, 0.15) is 11.6 Å². The summed E-state index contributed by atoms with van der Waals surface area (Å²) in [7, 11) is 0. The zero-order valence-corrected chi connectivity index (χ0v) is 21.2. The molecule has 0 aromatic carbocycles. The van der Waals surface area contributed by atoms with E-state index in [2.05, 4.69) is 33.5 Å². The van der Waals surface area contributed by atoms with E-state index < -0.39 is 35.6 Å². The van der Waals surface area contributed by atoms with Gasteiger partial charge in [0, 0.05) is 17.9 Å². The molecule has 0 aromatic heterocycles. The van der Waals surface area contributed by atoms with Crippen LogP contribution >= 0.6 is 15.9 Å². The fourth-order valence-electron chi connectivity index (χ4n) is 5.69. The predicted octanol–water partition coefficient (Wildman–Crippen LogP) is 1.58. The number of likely N-dealkylation sites (tertiary alicyclic amines) is 1. The monoisotopic (exact) mass is 515 g/mol. The predicted molar refractivity (Wildman–Crippen MR) is 124 cm³/mol. The van der Waals surface area contributed by atoms with Crippen molar-refractivity contribution in [1.29, 1.82) is 0 Å². The number of amides is 3. The molecule has 0 aliphatic carbocycles. The van der Waals surface area contributed by atoms with Gasteiger partial charge in [-0.1, -0.05) is 56.5 Å². The number of aliphatic hydroxyl groups excluding tert-OH is 1. The Hall–Kier alpha value is -1.19. The van der Waals surface area contributed by atoms with Crippen LogP contribution in [0.4, 0.5) is 0 Å². The van der Waals surface area contributed by atoms with Crippen molar-refractivity contribution in [3.8, 4) is 0 Å². The first kappa shape index (κ1) is 25.4. The molecule has 3 rings (SSSR count). The molecule has 3 unspecified atom stereocenters. The maximum atomic E-state index is 13.8. The molecular formula is C23H38BrN3O5. The highest BCUT2D eigenvalue weighted by molar-refractivity contribution is 9.09. The minimum Gasteiger partial charge on any atom is -0.394 e. The van der Waals surface area contributed by atoms with Gasteiger partial charge in [-0.25, -0.2) is 0 Å². The molecule has 0 radical (unpaired) electrons. The number of hydrogen-bond donors (Lipinski definition) is 3. The lowest BCUT2D eigenvalue weighted by Gasteiger charge is -2.38. The highest BCUT2D eigenvalue weighted by atomic mass is 79.9. The number of carbonyl (C=O) groups is 3. The lowest BCUT2D eigenvalue weighted by molar-refractivity contribution is -0.146. The van der Waals surface area contributed by atoms with Crippen molar-refractivity contribution in [2.45, 2.75) is 88.4 Å². The van der Waals surface area contributed by atoms with E-state index in [0.717, 1.165) is 25.7 Å². The molecule has 2 bridgehead atoms. The van der Waals surface area contributed by atoms with E-state index in [0.29, 0.717) is 19.5 Å². The normalized spacial score (nSPS) is 34.2. The van der Waals surface area contributed by atoms with Gasteiger partial charge in [0.05, 0.1) is 30.6 Å². The van der Waals surface area contributed by atoms with Crippen molar-refractivity contribution < 1.29 is 24.2 Å². The number of aliphatic hydroxyl groups is 1. The quantitative estimate of drug-likeness (QED) is 0.286. The van der Waals surface area contributed by atoms with E-state index >= 15 is 0 Å². The molecule has 182 valence electrons. The molecule has 1 spiro atoms. The van der Waals surface area contributed by atoms with Crippen LogP contribution in [0.5, 0.6) is 0 Å². The molecule has 8 nitrogen and oxygen atoms in total. The lowest BCUT2D eigenvalue weighted by Crippen LogP contribution is -2.59. The molecule has 3 aliphatic heterocycles. The summed E-state index contributed by atoms with van der Waals surface area (Å²) in [5.41, 5.74) is -1.07. The Morgan fingerprint density at radius 3 is 2.47 bits per heavy atom. The summed E-state index contributed by atoms with van der Waals surface area (Å²) in [5.74, 6) is -2.15. The summed E-state index contributed by atoms with van der Waals surface area (Å²) in [5, 5.41) is 16.1. The van der Waals surface area contributed by atoms with Crippen LogP contribution in [0.2, 0.25) is 0 Å². The molecule has 3 amide bonds. The van der Waals surface area contributed by atoms with Crippen LogP contribution in [-0.2, 0) is 19.1 Å². The molecule has 32 heavy (non-hydrogen) atoms. The summed E-state index contributed by atoms with van der Waals surface area (Å²) in [6, 6.07) is -1.39. The number of rotatable bonds is 11. The van der Waals surface area contributed by atoms with Crippen LogP contribution in [-0.4, -0.2) is 76.0 Å². The second-order valence-corrected chi connectivity index (χ2v) is 10.9. The SMILES string of the molecule is CCCCCNC(=O)C1N([C@@H](CO)C(C)C)C(=O)[C@@H]2[C@H](C(=O)NCCC)[C@H]3OC12CC3Br. The summed E-state index contributed by atoms with van der Waals surface area (Å²) < 4.78 is 6.43. The first-order valence-electron chi connectivity index (χ1n) is 12.0. The van der Waals surface area contributed by atoms with E-state index in [-0.39, 0.29) is 35.1 Å². The van der Waals surface area contributed by atoms with E-state index in [4.69, 9.17) is 4.74 Å². The molecule has 3 aliphatic rings. The number of alkyl halides is 1. The first-order valence-corrected chi connectivity index (χ1v) is 13.0. The van der Waals surface area contributed by atoms with E-state index in [1.807, 2.05) is 20.8 Å². The number of hydrogen-bond acceptors (Lipinski definition) is 5. The molecule has 3 saturated heterocycles. The molecule has 3 heterocycles. The maximum absolute atomic E-state index is 13.8. The topological polar surface area (TPSA) is 108 Å². The summed E-state index contributed by atoms with van der Waals surface area (Å²) >= 11 is 3.66. The van der Waals surface area contributed by atoms with E-state index in [9.17, 15) is 19.5 Å². The second-order valence-electron chi connectivity index (χ2n) is 9.69. The van der Waals surface area contributed by atoms with E-state index in [1.54, 1.807) is 0 Å². The molecule has 3 N–H and O–H groups in total. The molecular weight excluding hydrogens is 478 g/mol. The van der Waals surface area contributed by atoms with Gasteiger partial charge >= 0.3 is 0 Å². The minimum atomic E-state index is -1.07. The third-order valence-electron chi connectivity index (χ3n) is 7.22. The molecule has 7 atom stereocenters. The van der Waals surface area contributed by atoms with Crippen LogP contribution in [0, 0.1) is 17.8 Å². The highest BCUT2D eigenvalue weighted by Gasteiger charge is 2.77. The Bertz CT molecular complexity index is 720. The van der Waals surface area contributed by atoms with Crippen molar-refractivity contribution in [3.63, 3.8) is 0 Å². The van der Waals surface area contributed by atoms with Crippen molar-refractivity contribution in [2.24, 2.45) is 17.8 Å². The maximum Gasteiger partial charge on any atom is 0.245 e. The Balaban J connectivity index is 1.98. The highest BCUT2D eigenvalue weighted by Crippen LogP contribution is 2.60. The van der Waals surface area contributed by atoms with Crippen molar-refractivity contribution >= 4 is 33.7 Å². The van der Waals surface area contributed by atoms with Crippen LogP contribution < -0.4 is 10.6 Å². The van der Waals surface area contributed by atoms with Crippen LogP contribution in [0.15, 0.2) is 0 Å². The standard InChI is InChI=1S/C23H38BrN3O5/c1-5-7-8-10-26-21(30)19-23-11-14(24)18(32-23)16(20(29)25-9-6-2)17(23)22(31)27(19)15(12-28)13(3)4/h13-19,28H,5-12H2,1-4H3,(H,25,29)(H,26,30)/t14?,15-,16-,17-,18-,19?,23?/m0/s1. The molecule has 3 fully saturated rings. The zero-order valence-electron chi connectivity index (χ0n) is 19.6. The Morgan fingerprint density at radius 2 is 1.88 bits per heavy atom. The van der Waals surface area contributed by atoms with Gasteiger partial charge in [-0.2, -0.15) is 0 Å². The Morgan fingerprint density at radius 1 is 1.19 bits per heavy atom. The third kappa shape index (κ3) is 4.20. The average Bonchev–Trinajstić information content (AvgIpc) is 3.33. The van der Waals surface area contributed by atoms with Crippen LogP contribution in [0.25, 0.3) is 0 Å². The third-order valence-corrected chi connectivity index (χ3v) is 8.07. The average molecular weight is 516 g/mol. The number of ether oxygens (including phenoxy) is 1. The summed E-state index contributed by atoms with van der Waals surface area (Å²) in [6.07, 6.45) is 3.73. The van der Waals surface area contributed by atoms with Crippen molar-refractivity contribution in [3.05, 3.63) is 0 Å². The largest absolute Gasteiger partial charge is 0.394 e. The van der Waals surface area contributed by atoms with Crippen LogP contribution in [0.1, 0.15) is 59.8 Å². The summed E-state index contributed by atoms with van der Waals surface area (Å²) in [4.78, 5) is 41.8. The van der Waals surface area contributed by atoms with Crippen molar-refractivity contribution in [2.75, 3.05) is 19.7 Å². The molecule has 0 saturated carbocycles. The van der Waals surface area contributed by atoms with Gasteiger partial charge in [0.2, 0.25) is 17.7 Å². The van der Waals surface area contributed by atoms with Gasteiger partial charge in [0.25, 0.3) is 0 Å². The first-order chi connectivity index (χ1) is 15.2. The number of unbranched alkanes of at least 4 members (excludes halogenated alkanes) is 2.